The number of carbonyl (C=O) groups excluding carboxylic acids is 3. The van der Waals surface area contributed by atoms with Gasteiger partial charge in [0.2, 0.25) is 17.7 Å². The lowest BCUT2D eigenvalue weighted by Gasteiger charge is -2.36. The van der Waals surface area contributed by atoms with Crippen LogP contribution in [-0.2, 0) is 26.3 Å². The molecule has 3 fully saturated rings. The Kier molecular flexibility index (Phi) is 4.79. The first-order chi connectivity index (χ1) is 17.3. The van der Waals surface area contributed by atoms with E-state index in [1.165, 1.54) is 19.2 Å². The van der Waals surface area contributed by atoms with E-state index >= 15 is 0 Å². The summed E-state index contributed by atoms with van der Waals surface area (Å²) >= 11 is 0. The van der Waals surface area contributed by atoms with Gasteiger partial charge in [0.15, 0.2) is 5.75 Å². The molecule has 0 radical (unpaired) electrons. The van der Waals surface area contributed by atoms with Gasteiger partial charge in [-0.3, -0.25) is 29.4 Å². The van der Waals surface area contributed by atoms with Gasteiger partial charge in [0.25, 0.3) is 0 Å². The third-order valence-corrected chi connectivity index (χ3v) is 8.43. The summed E-state index contributed by atoms with van der Waals surface area (Å²) in [7, 11) is 1.31. The van der Waals surface area contributed by atoms with Gasteiger partial charge < -0.3 is 10.1 Å². The highest BCUT2D eigenvalue weighted by Crippen LogP contribution is 2.61. The Morgan fingerprint density at radius 1 is 1.22 bits per heavy atom. The molecule has 4 aliphatic heterocycles. The lowest BCUT2D eigenvalue weighted by molar-refractivity contribution is -0.385. The SMILES string of the molecule is CCc1cccc2c1NC(=O)C21C2C(=O)N(c3cc(OC)c([N+](=O)[O-])cc3C)C(=O)C2C2CCCN21. The van der Waals surface area contributed by atoms with Crippen LogP contribution < -0.4 is 15.0 Å². The number of nitro groups is 1. The van der Waals surface area contributed by atoms with Crippen molar-refractivity contribution in [2.24, 2.45) is 11.8 Å². The van der Waals surface area contributed by atoms with E-state index in [-0.39, 0.29) is 35.0 Å². The average molecular weight is 491 g/mol. The first-order valence-electron chi connectivity index (χ1n) is 12.2. The molecular formula is C26H26N4O6. The zero-order valence-corrected chi connectivity index (χ0v) is 20.2. The van der Waals surface area contributed by atoms with Crippen molar-refractivity contribution in [2.75, 3.05) is 23.9 Å². The normalized spacial score (nSPS) is 28.5. The third-order valence-electron chi connectivity index (χ3n) is 8.43. The van der Waals surface area contributed by atoms with Gasteiger partial charge in [0, 0.05) is 29.4 Å². The molecule has 6 rings (SSSR count). The first kappa shape index (κ1) is 22.7. The lowest BCUT2D eigenvalue weighted by Crippen LogP contribution is -2.54. The molecule has 10 heteroatoms. The van der Waals surface area contributed by atoms with Crippen LogP contribution in [0.3, 0.4) is 0 Å². The number of ether oxygens (including phenoxy) is 1. The van der Waals surface area contributed by atoms with Gasteiger partial charge in [0.1, 0.15) is 5.54 Å². The highest BCUT2D eigenvalue weighted by Gasteiger charge is 2.74. The summed E-state index contributed by atoms with van der Waals surface area (Å²) in [6.07, 6.45) is 2.27. The van der Waals surface area contributed by atoms with Crippen molar-refractivity contribution in [1.29, 1.82) is 0 Å². The van der Waals surface area contributed by atoms with E-state index in [0.29, 0.717) is 18.5 Å². The van der Waals surface area contributed by atoms with Crippen molar-refractivity contribution in [1.82, 2.24) is 4.90 Å². The topological polar surface area (TPSA) is 122 Å². The fraction of sp³-hybridized carbons (Fsp3) is 0.423. The van der Waals surface area contributed by atoms with Crippen LogP contribution >= 0.6 is 0 Å². The van der Waals surface area contributed by atoms with Crippen molar-refractivity contribution < 1.29 is 24.0 Å². The number of nitrogens with zero attached hydrogens (tertiary/aromatic N) is 3. The molecule has 1 spiro atoms. The maximum absolute atomic E-state index is 14.2. The van der Waals surface area contributed by atoms with E-state index in [2.05, 4.69) is 10.2 Å². The Morgan fingerprint density at radius 3 is 2.69 bits per heavy atom. The first-order valence-corrected chi connectivity index (χ1v) is 12.2. The van der Waals surface area contributed by atoms with E-state index in [9.17, 15) is 24.5 Å². The minimum atomic E-state index is -1.26. The van der Waals surface area contributed by atoms with Crippen molar-refractivity contribution in [3.63, 3.8) is 0 Å². The van der Waals surface area contributed by atoms with Crippen LogP contribution in [0.25, 0.3) is 0 Å². The van der Waals surface area contributed by atoms with Gasteiger partial charge >= 0.3 is 5.69 Å². The van der Waals surface area contributed by atoms with Crippen molar-refractivity contribution in [3.05, 3.63) is 57.1 Å². The number of carbonyl (C=O) groups is 3. The molecule has 2 aromatic carbocycles. The summed E-state index contributed by atoms with van der Waals surface area (Å²) in [5.74, 6) is -2.69. The lowest BCUT2D eigenvalue weighted by atomic mass is 9.75. The van der Waals surface area contributed by atoms with Crippen molar-refractivity contribution in [2.45, 2.75) is 44.7 Å². The fourth-order valence-corrected chi connectivity index (χ4v) is 7.03. The summed E-state index contributed by atoms with van der Waals surface area (Å²) in [6.45, 7) is 4.27. The number of methoxy groups -OCH3 is 1. The summed E-state index contributed by atoms with van der Waals surface area (Å²) in [5.41, 5.74) is 1.64. The van der Waals surface area contributed by atoms with E-state index in [4.69, 9.17) is 4.74 Å². The molecule has 3 saturated heterocycles. The minimum absolute atomic E-state index is 0.0352. The number of para-hydroxylation sites is 1. The molecule has 4 atom stereocenters. The van der Waals surface area contributed by atoms with Gasteiger partial charge in [-0.25, -0.2) is 4.90 Å². The molecule has 0 aliphatic carbocycles. The number of rotatable bonds is 4. The predicted molar refractivity (Wildman–Crippen MR) is 130 cm³/mol. The largest absolute Gasteiger partial charge is 0.490 e. The van der Waals surface area contributed by atoms with Crippen LogP contribution in [0.2, 0.25) is 0 Å². The molecule has 0 bridgehead atoms. The second kappa shape index (κ2) is 7.60. The van der Waals surface area contributed by atoms with E-state index in [0.717, 1.165) is 34.6 Å². The van der Waals surface area contributed by atoms with Gasteiger partial charge in [-0.1, -0.05) is 25.1 Å². The molecule has 2 aromatic rings. The number of fused-ring (bicyclic) bond motifs is 7. The zero-order valence-electron chi connectivity index (χ0n) is 20.2. The Morgan fingerprint density at radius 2 is 2.00 bits per heavy atom. The van der Waals surface area contributed by atoms with Crippen LogP contribution in [0.15, 0.2) is 30.3 Å². The highest BCUT2D eigenvalue weighted by molar-refractivity contribution is 6.26. The smallest absolute Gasteiger partial charge is 0.311 e. The fourth-order valence-electron chi connectivity index (χ4n) is 7.03. The van der Waals surface area contributed by atoms with Crippen LogP contribution in [0.1, 0.15) is 36.5 Å². The van der Waals surface area contributed by atoms with Gasteiger partial charge in [-0.15, -0.1) is 0 Å². The summed E-state index contributed by atoms with van der Waals surface area (Å²) in [6, 6.07) is 8.21. The third kappa shape index (κ3) is 2.57. The summed E-state index contributed by atoms with van der Waals surface area (Å²) in [4.78, 5) is 56.2. The number of hydrogen-bond donors (Lipinski definition) is 1. The number of amides is 3. The Bertz CT molecular complexity index is 1370. The predicted octanol–water partition coefficient (Wildman–Crippen LogP) is 2.91. The van der Waals surface area contributed by atoms with Crippen LogP contribution in [-0.4, -0.2) is 47.2 Å². The van der Waals surface area contributed by atoms with Gasteiger partial charge in [-0.2, -0.15) is 0 Å². The quantitative estimate of drug-likeness (QED) is 0.397. The molecule has 10 nitrogen and oxygen atoms in total. The monoisotopic (exact) mass is 490 g/mol. The standard InChI is InChI=1S/C26H26N4O6/c1-4-14-7-5-8-15-22(14)27-25(33)26(15)21-20(16-9-6-10-28(16)26)23(31)29(24(21)32)17-12-19(36-3)18(30(34)35)11-13(17)2/h5,7-8,11-12,16,20-21H,4,6,9-10H2,1-3H3,(H,27,33). The number of aryl methyl sites for hydroxylation is 2. The molecule has 36 heavy (non-hydrogen) atoms. The van der Waals surface area contributed by atoms with Crippen LogP contribution in [0.4, 0.5) is 17.1 Å². The molecule has 1 N–H and O–H groups in total. The molecule has 186 valence electrons. The minimum Gasteiger partial charge on any atom is -0.490 e. The van der Waals surface area contributed by atoms with Crippen molar-refractivity contribution >= 4 is 34.8 Å². The van der Waals surface area contributed by atoms with Gasteiger partial charge in [0.05, 0.1) is 29.6 Å². The van der Waals surface area contributed by atoms with Gasteiger partial charge in [-0.05, 0) is 43.9 Å². The molecule has 3 amide bonds. The molecule has 0 saturated carbocycles. The zero-order chi connectivity index (χ0) is 25.5. The summed E-state index contributed by atoms with van der Waals surface area (Å²) in [5, 5.41) is 14.5. The molecule has 4 heterocycles. The second-order valence-corrected chi connectivity index (χ2v) is 9.90. The summed E-state index contributed by atoms with van der Waals surface area (Å²) < 4.78 is 5.21. The molecule has 0 aromatic heterocycles. The Balaban J connectivity index is 1.54. The number of nitro benzene ring substituents is 1. The van der Waals surface area contributed by atoms with Crippen molar-refractivity contribution in [3.8, 4) is 5.75 Å². The van der Waals surface area contributed by atoms with E-state index in [1.807, 2.05) is 25.1 Å². The Hall–Kier alpha value is -3.79. The number of hydrogen-bond acceptors (Lipinski definition) is 7. The number of benzene rings is 2. The van der Waals surface area contributed by atoms with E-state index < -0.39 is 28.2 Å². The maximum Gasteiger partial charge on any atom is 0.311 e. The average Bonchev–Trinajstić information content (AvgIpc) is 3.57. The van der Waals surface area contributed by atoms with Crippen LogP contribution in [0, 0.1) is 28.9 Å². The maximum atomic E-state index is 14.2. The number of nitrogens with one attached hydrogen (secondary N) is 1. The highest BCUT2D eigenvalue weighted by atomic mass is 16.6. The second-order valence-electron chi connectivity index (χ2n) is 9.90. The number of imide groups is 1. The molecule has 4 unspecified atom stereocenters. The number of anilines is 2. The Labute approximate surface area is 207 Å². The molecule has 4 aliphatic rings. The molecular weight excluding hydrogens is 464 g/mol. The van der Waals surface area contributed by atoms with E-state index in [1.54, 1.807) is 6.92 Å². The van der Waals surface area contributed by atoms with Crippen LogP contribution in [0.5, 0.6) is 5.75 Å².